The van der Waals surface area contributed by atoms with Gasteiger partial charge in [0.2, 0.25) is 5.91 Å². The van der Waals surface area contributed by atoms with Gasteiger partial charge in [0.1, 0.15) is 5.82 Å². The molecule has 0 radical (unpaired) electrons. The predicted octanol–water partition coefficient (Wildman–Crippen LogP) is 2.09. The number of aliphatic imine (C=N–C) groups is 1. The second-order valence-corrected chi connectivity index (χ2v) is 7.09. The summed E-state index contributed by atoms with van der Waals surface area (Å²) < 4.78 is 13.2. The molecule has 1 amide bonds. The number of likely N-dealkylation sites (tertiary alicyclic amines) is 1. The van der Waals surface area contributed by atoms with E-state index in [-0.39, 0.29) is 41.7 Å². The first kappa shape index (κ1) is 24.6. The van der Waals surface area contributed by atoms with Crippen LogP contribution in [0.15, 0.2) is 29.3 Å². The van der Waals surface area contributed by atoms with Crippen molar-refractivity contribution in [2.75, 3.05) is 47.3 Å². The Kier molecular flexibility index (Phi) is 11.4. The topological polar surface area (TPSA) is 60.0 Å². The summed E-state index contributed by atoms with van der Waals surface area (Å²) in [5.74, 6) is 0.743. The molecule has 1 saturated heterocycles. The number of likely N-dealkylation sites (N-methyl/N-ethyl adjacent to an activating group) is 1. The Balaban J connectivity index is 0.00000392. The van der Waals surface area contributed by atoms with Crippen molar-refractivity contribution in [1.82, 2.24) is 20.4 Å². The lowest BCUT2D eigenvalue weighted by molar-refractivity contribution is -0.133. The van der Waals surface area contributed by atoms with Gasteiger partial charge in [-0.2, -0.15) is 0 Å². The fourth-order valence-corrected chi connectivity index (χ4v) is 3.40. The van der Waals surface area contributed by atoms with Gasteiger partial charge in [-0.15, -0.1) is 24.0 Å². The number of carbonyl (C=O) groups excluding carboxylic acids is 1. The third-order valence-electron chi connectivity index (χ3n) is 4.82. The van der Waals surface area contributed by atoms with Crippen LogP contribution in [0.25, 0.3) is 0 Å². The lowest BCUT2D eigenvalue weighted by atomic mass is 10.1. The number of nitrogens with one attached hydrogen (secondary N) is 2. The number of rotatable bonds is 8. The van der Waals surface area contributed by atoms with Crippen molar-refractivity contribution in [1.29, 1.82) is 0 Å². The molecule has 2 rings (SSSR count). The van der Waals surface area contributed by atoms with Crippen LogP contribution in [0.2, 0.25) is 0 Å². The number of guanidine groups is 1. The summed E-state index contributed by atoms with van der Waals surface area (Å²) in [6, 6.07) is 6.68. The average Bonchev–Trinajstić information content (AvgIpc) is 3.11. The Morgan fingerprint density at radius 3 is 2.75 bits per heavy atom. The van der Waals surface area contributed by atoms with Crippen LogP contribution in [-0.4, -0.2) is 75.0 Å². The number of hydrogen-bond acceptors (Lipinski definition) is 3. The second-order valence-electron chi connectivity index (χ2n) is 7.09. The van der Waals surface area contributed by atoms with Crippen LogP contribution in [0.4, 0.5) is 4.39 Å². The summed E-state index contributed by atoms with van der Waals surface area (Å²) in [6.07, 6.45) is 3.72. The van der Waals surface area contributed by atoms with E-state index < -0.39 is 0 Å². The highest BCUT2D eigenvalue weighted by Gasteiger charge is 2.30. The van der Waals surface area contributed by atoms with Gasteiger partial charge >= 0.3 is 0 Å². The molecule has 0 saturated carbocycles. The van der Waals surface area contributed by atoms with E-state index >= 15 is 0 Å². The summed E-state index contributed by atoms with van der Waals surface area (Å²) in [5, 5.41) is 6.55. The van der Waals surface area contributed by atoms with Gasteiger partial charge in [-0.3, -0.25) is 14.7 Å². The Morgan fingerprint density at radius 1 is 1.32 bits per heavy atom. The van der Waals surface area contributed by atoms with Crippen molar-refractivity contribution >= 4 is 35.8 Å². The molecular formula is C20H33FIN5O. The van der Waals surface area contributed by atoms with E-state index in [0.29, 0.717) is 6.54 Å². The van der Waals surface area contributed by atoms with Crippen molar-refractivity contribution in [2.45, 2.75) is 31.7 Å². The molecule has 8 heteroatoms. The number of amides is 1. The molecule has 28 heavy (non-hydrogen) atoms. The smallest absolute Gasteiger partial charge is 0.239 e. The minimum atomic E-state index is -0.206. The van der Waals surface area contributed by atoms with Crippen LogP contribution in [0.1, 0.15) is 24.8 Å². The molecule has 1 atom stereocenters. The third-order valence-corrected chi connectivity index (χ3v) is 4.82. The molecule has 1 fully saturated rings. The Labute approximate surface area is 185 Å². The molecule has 0 aromatic heterocycles. The maximum atomic E-state index is 13.2. The standard InChI is InChI=1S/C20H32FN5O.HI/c1-22-20(24-12-10-16-7-4-8-17(21)15-16)23-11-6-14-26-13-5-9-18(26)19(27)25(2)3;/h4,7-8,15,18H,5-6,9-14H2,1-3H3,(H2,22,23,24);1H. The summed E-state index contributed by atoms with van der Waals surface area (Å²) in [7, 11) is 5.38. The molecule has 158 valence electrons. The van der Waals surface area contributed by atoms with Gasteiger partial charge < -0.3 is 15.5 Å². The van der Waals surface area contributed by atoms with Gasteiger partial charge in [0.15, 0.2) is 5.96 Å². The van der Waals surface area contributed by atoms with E-state index in [0.717, 1.165) is 56.8 Å². The van der Waals surface area contributed by atoms with E-state index in [1.54, 1.807) is 24.1 Å². The third kappa shape index (κ3) is 7.90. The lowest BCUT2D eigenvalue weighted by Crippen LogP contribution is -2.44. The van der Waals surface area contributed by atoms with Gasteiger partial charge in [-0.1, -0.05) is 12.1 Å². The van der Waals surface area contributed by atoms with Crippen molar-refractivity contribution in [2.24, 2.45) is 4.99 Å². The Hall–Kier alpha value is -1.42. The Morgan fingerprint density at radius 2 is 2.07 bits per heavy atom. The zero-order valence-corrected chi connectivity index (χ0v) is 19.4. The van der Waals surface area contributed by atoms with E-state index in [1.807, 2.05) is 20.2 Å². The summed E-state index contributed by atoms with van der Waals surface area (Å²) >= 11 is 0. The summed E-state index contributed by atoms with van der Waals surface area (Å²) in [5.41, 5.74) is 0.962. The van der Waals surface area contributed by atoms with Crippen LogP contribution in [-0.2, 0) is 11.2 Å². The molecule has 1 aliphatic rings. The molecular weight excluding hydrogens is 472 g/mol. The number of benzene rings is 1. The SMILES string of the molecule is CN=C(NCCCN1CCCC1C(=O)N(C)C)NCCc1cccc(F)c1.I. The number of hydrogen-bond donors (Lipinski definition) is 2. The highest BCUT2D eigenvalue weighted by atomic mass is 127. The predicted molar refractivity (Wildman–Crippen MR) is 123 cm³/mol. The molecule has 0 bridgehead atoms. The lowest BCUT2D eigenvalue weighted by Gasteiger charge is -2.26. The zero-order chi connectivity index (χ0) is 19.6. The molecule has 6 nitrogen and oxygen atoms in total. The van der Waals surface area contributed by atoms with E-state index in [9.17, 15) is 9.18 Å². The molecule has 1 aromatic rings. The van der Waals surface area contributed by atoms with Gasteiger partial charge in [0.05, 0.1) is 6.04 Å². The summed E-state index contributed by atoms with van der Waals surface area (Å²) in [6.45, 7) is 3.37. The number of nitrogens with zero attached hydrogens (tertiary/aromatic N) is 3. The number of carbonyl (C=O) groups is 1. The van der Waals surface area contributed by atoms with Crippen molar-refractivity contribution in [3.63, 3.8) is 0 Å². The maximum Gasteiger partial charge on any atom is 0.239 e. The van der Waals surface area contributed by atoms with Gasteiger partial charge in [0, 0.05) is 40.8 Å². The van der Waals surface area contributed by atoms with E-state index in [2.05, 4.69) is 20.5 Å². The quantitative estimate of drug-likeness (QED) is 0.246. The Bertz CT molecular complexity index is 641. The van der Waals surface area contributed by atoms with Crippen LogP contribution in [0.3, 0.4) is 0 Å². The van der Waals surface area contributed by atoms with Gasteiger partial charge in [0.25, 0.3) is 0 Å². The van der Waals surface area contributed by atoms with Crippen LogP contribution in [0.5, 0.6) is 0 Å². The fraction of sp³-hybridized carbons (Fsp3) is 0.600. The maximum absolute atomic E-state index is 13.2. The molecule has 1 aliphatic heterocycles. The van der Waals surface area contributed by atoms with E-state index in [4.69, 9.17) is 0 Å². The fourth-order valence-electron chi connectivity index (χ4n) is 3.40. The van der Waals surface area contributed by atoms with Crippen LogP contribution in [0, 0.1) is 5.82 Å². The average molecular weight is 505 g/mol. The first-order chi connectivity index (χ1) is 13.0. The molecule has 0 aliphatic carbocycles. The molecule has 1 unspecified atom stereocenters. The molecule has 1 aromatic carbocycles. The minimum Gasteiger partial charge on any atom is -0.356 e. The summed E-state index contributed by atoms with van der Waals surface area (Å²) in [4.78, 5) is 20.4. The molecule has 1 heterocycles. The van der Waals surface area contributed by atoms with Crippen molar-refractivity contribution in [3.8, 4) is 0 Å². The van der Waals surface area contributed by atoms with Gasteiger partial charge in [-0.25, -0.2) is 4.39 Å². The van der Waals surface area contributed by atoms with Crippen molar-refractivity contribution < 1.29 is 9.18 Å². The monoisotopic (exact) mass is 505 g/mol. The van der Waals surface area contributed by atoms with Crippen LogP contribution >= 0.6 is 24.0 Å². The van der Waals surface area contributed by atoms with E-state index in [1.165, 1.54) is 6.07 Å². The molecule has 2 N–H and O–H groups in total. The zero-order valence-electron chi connectivity index (χ0n) is 17.1. The van der Waals surface area contributed by atoms with Crippen molar-refractivity contribution in [3.05, 3.63) is 35.6 Å². The van der Waals surface area contributed by atoms with Crippen LogP contribution < -0.4 is 10.6 Å². The first-order valence-corrected chi connectivity index (χ1v) is 9.65. The highest BCUT2D eigenvalue weighted by molar-refractivity contribution is 14.0. The normalized spacial score (nSPS) is 17.1. The second kappa shape index (κ2) is 12.9. The first-order valence-electron chi connectivity index (χ1n) is 9.65. The minimum absolute atomic E-state index is 0. The molecule has 0 spiro atoms. The largest absolute Gasteiger partial charge is 0.356 e. The number of halogens is 2. The van der Waals surface area contributed by atoms with Gasteiger partial charge in [-0.05, 0) is 49.9 Å². The highest BCUT2D eigenvalue weighted by Crippen LogP contribution is 2.18.